The van der Waals surface area contributed by atoms with E-state index in [0.29, 0.717) is 5.41 Å². The number of pyridine rings is 1. The van der Waals surface area contributed by atoms with Crippen molar-refractivity contribution in [1.29, 1.82) is 0 Å². The average Bonchev–Trinajstić information content (AvgIpc) is 2.67. The minimum Gasteiger partial charge on any atom is -0.252 e. The molecule has 1 heterocycles. The van der Waals surface area contributed by atoms with Gasteiger partial charge in [0, 0.05) is 16.6 Å². The summed E-state index contributed by atoms with van der Waals surface area (Å²) in [7, 11) is 0. The van der Waals surface area contributed by atoms with E-state index in [9.17, 15) is 0 Å². The van der Waals surface area contributed by atoms with Crippen LogP contribution < -0.4 is 0 Å². The van der Waals surface area contributed by atoms with Crippen molar-refractivity contribution in [3.05, 3.63) is 88.1 Å². The lowest BCUT2D eigenvalue weighted by atomic mass is 9.84. The highest BCUT2D eigenvalue weighted by atomic mass is 14.7. The molecule has 0 aliphatic carbocycles. The maximum Gasteiger partial charge on any atom is 0.0705 e. The minimum atomic E-state index is 0.291. The molecule has 3 rings (SSSR count). The molecule has 0 aliphatic heterocycles. The summed E-state index contributed by atoms with van der Waals surface area (Å²) in [6.45, 7) is 20.0. The summed E-state index contributed by atoms with van der Waals surface area (Å²) in [6.07, 6.45) is 6.31. The van der Waals surface area contributed by atoms with Crippen LogP contribution in [-0.4, -0.2) is 4.98 Å². The molecule has 0 N–H and O–H groups in total. The van der Waals surface area contributed by atoms with E-state index < -0.39 is 0 Å². The van der Waals surface area contributed by atoms with Crippen LogP contribution in [0.25, 0.3) is 22.6 Å². The Labute approximate surface area is 182 Å². The van der Waals surface area contributed by atoms with Crippen molar-refractivity contribution in [2.45, 2.75) is 61.3 Å². The Balaban J connectivity index is 1.92. The van der Waals surface area contributed by atoms with Gasteiger partial charge in [-0.05, 0) is 85.1 Å². The van der Waals surface area contributed by atoms with Gasteiger partial charge in [0.1, 0.15) is 0 Å². The standard InChI is InChI=1S/C29H35N/c1-9-27-25(17-24-14-19(2)10-13-28(24)30-27)20(3)11-12-23-15-21(4)26(22(5)16-23)18-29(6,7)8/h10-17H,3,9,18H2,1-2,4-8H3/b12-11+. The number of rotatable bonds is 5. The van der Waals surface area contributed by atoms with Crippen molar-refractivity contribution in [2.24, 2.45) is 5.41 Å². The molecule has 0 atom stereocenters. The normalized spacial score (nSPS) is 12.1. The first-order valence-corrected chi connectivity index (χ1v) is 10.9. The molecule has 0 spiro atoms. The Kier molecular flexibility index (Phi) is 6.31. The van der Waals surface area contributed by atoms with Crippen molar-refractivity contribution < 1.29 is 0 Å². The minimum absolute atomic E-state index is 0.291. The zero-order valence-corrected chi connectivity index (χ0v) is 19.7. The van der Waals surface area contributed by atoms with Gasteiger partial charge in [-0.25, -0.2) is 0 Å². The van der Waals surface area contributed by atoms with Crippen LogP contribution in [0.15, 0.2) is 49.1 Å². The first kappa shape index (κ1) is 22.0. The second-order valence-corrected chi connectivity index (χ2v) is 9.76. The van der Waals surface area contributed by atoms with Crippen molar-refractivity contribution in [3.63, 3.8) is 0 Å². The predicted octanol–water partition coefficient (Wildman–Crippen LogP) is 8.04. The maximum absolute atomic E-state index is 4.89. The number of hydrogen-bond acceptors (Lipinski definition) is 1. The molecule has 0 radical (unpaired) electrons. The Morgan fingerprint density at radius 3 is 2.27 bits per heavy atom. The highest BCUT2D eigenvalue weighted by Gasteiger charge is 2.15. The van der Waals surface area contributed by atoms with Crippen LogP contribution in [0.5, 0.6) is 0 Å². The van der Waals surface area contributed by atoms with Crippen molar-refractivity contribution >= 4 is 22.6 Å². The van der Waals surface area contributed by atoms with Gasteiger partial charge in [0.25, 0.3) is 0 Å². The number of nitrogens with zero attached hydrogens (tertiary/aromatic N) is 1. The highest BCUT2D eigenvalue weighted by molar-refractivity contribution is 5.87. The molecule has 0 saturated heterocycles. The third kappa shape index (κ3) is 5.08. The summed E-state index contributed by atoms with van der Waals surface area (Å²) in [5.41, 5.74) is 11.3. The van der Waals surface area contributed by atoms with Gasteiger partial charge in [-0.2, -0.15) is 0 Å². The summed E-state index contributed by atoms with van der Waals surface area (Å²) < 4.78 is 0. The van der Waals surface area contributed by atoms with Gasteiger partial charge in [-0.1, -0.05) is 70.2 Å². The smallest absolute Gasteiger partial charge is 0.0705 e. The van der Waals surface area contributed by atoms with Crippen molar-refractivity contribution in [3.8, 4) is 0 Å². The summed E-state index contributed by atoms with van der Waals surface area (Å²) in [4.78, 5) is 4.89. The van der Waals surface area contributed by atoms with Gasteiger partial charge in [-0.15, -0.1) is 0 Å². The summed E-state index contributed by atoms with van der Waals surface area (Å²) in [6, 6.07) is 13.3. The van der Waals surface area contributed by atoms with Gasteiger partial charge in [0.15, 0.2) is 0 Å². The Hall–Kier alpha value is -2.67. The number of fused-ring (bicyclic) bond motifs is 1. The lowest BCUT2D eigenvalue weighted by Gasteiger charge is -2.21. The fourth-order valence-corrected chi connectivity index (χ4v) is 4.10. The number of allylic oxidation sites excluding steroid dienone is 2. The van der Waals surface area contributed by atoms with Crippen LogP contribution >= 0.6 is 0 Å². The Morgan fingerprint density at radius 1 is 1.00 bits per heavy atom. The molecule has 30 heavy (non-hydrogen) atoms. The molecule has 1 nitrogen and oxygen atoms in total. The van der Waals surface area contributed by atoms with E-state index in [2.05, 4.69) is 104 Å². The second-order valence-electron chi connectivity index (χ2n) is 9.76. The maximum atomic E-state index is 4.89. The molecule has 0 saturated carbocycles. The SMILES string of the molecule is C=C(/C=C/c1cc(C)c(CC(C)(C)C)c(C)c1)c1cc2cc(C)ccc2nc1CC. The lowest BCUT2D eigenvalue weighted by molar-refractivity contribution is 0.409. The van der Waals surface area contributed by atoms with Gasteiger partial charge in [0.05, 0.1) is 5.52 Å². The van der Waals surface area contributed by atoms with E-state index in [1.54, 1.807) is 0 Å². The molecule has 0 aliphatic rings. The summed E-state index contributed by atoms with van der Waals surface area (Å²) in [5, 5.41) is 1.18. The average molecular weight is 398 g/mol. The Bertz CT molecular complexity index is 1100. The number of aryl methyl sites for hydroxylation is 4. The molecular weight excluding hydrogens is 362 g/mol. The monoisotopic (exact) mass is 397 g/mol. The largest absolute Gasteiger partial charge is 0.252 e. The van der Waals surface area contributed by atoms with Crippen molar-refractivity contribution in [1.82, 2.24) is 4.98 Å². The van der Waals surface area contributed by atoms with Crippen LogP contribution in [0.2, 0.25) is 0 Å². The number of aromatic nitrogens is 1. The van der Waals surface area contributed by atoms with E-state index in [4.69, 9.17) is 4.98 Å². The van der Waals surface area contributed by atoms with Crippen LogP contribution in [0.1, 0.15) is 66.8 Å². The summed E-state index contributed by atoms with van der Waals surface area (Å²) in [5.74, 6) is 0. The first-order valence-electron chi connectivity index (χ1n) is 10.9. The number of benzene rings is 2. The van der Waals surface area contributed by atoms with Crippen LogP contribution in [0.3, 0.4) is 0 Å². The topological polar surface area (TPSA) is 12.9 Å². The second kappa shape index (κ2) is 8.60. The third-order valence-corrected chi connectivity index (χ3v) is 5.63. The van der Waals surface area contributed by atoms with E-state index in [-0.39, 0.29) is 0 Å². The first-order chi connectivity index (χ1) is 14.1. The van der Waals surface area contributed by atoms with Gasteiger partial charge in [-0.3, -0.25) is 4.98 Å². The van der Waals surface area contributed by atoms with E-state index in [0.717, 1.165) is 35.2 Å². The van der Waals surface area contributed by atoms with Crippen LogP contribution in [0.4, 0.5) is 0 Å². The molecule has 3 aromatic rings. The van der Waals surface area contributed by atoms with E-state index >= 15 is 0 Å². The molecule has 2 aromatic carbocycles. The Morgan fingerprint density at radius 2 is 1.67 bits per heavy atom. The van der Waals surface area contributed by atoms with Gasteiger partial charge in [0.2, 0.25) is 0 Å². The summed E-state index contributed by atoms with van der Waals surface area (Å²) >= 11 is 0. The molecule has 156 valence electrons. The van der Waals surface area contributed by atoms with E-state index in [1.807, 2.05) is 0 Å². The van der Waals surface area contributed by atoms with Gasteiger partial charge < -0.3 is 0 Å². The van der Waals surface area contributed by atoms with Crippen LogP contribution in [-0.2, 0) is 12.8 Å². The quantitative estimate of drug-likeness (QED) is 0.397. The molecular formula is C29H35N. The number of hydrogen-bond donors (Lipinski definition) is 0. The predicted molar refractivity (Wildman–Crippen MR) is 133 cm³/mol. The van der Waals surface area contributed by atoms with Crippen molar-refractivity contribution in [2.75, 3.05) is 0 Å². The fourth-order valence-electron chi connectivity index (χ4n) is 4.10. The molecule has 0 bridgehead atoms. The molecule has 1 aromatic heterocycles. The highest BCUT2D eigenvalue weighted by Crippen LogP contribution is 2.28. The van der Waals surface area contributed by atoms with Crippen LogP contribution in [0, 0.1) is 26.2 Å². The van der Waals surface area contributed by atoms with E-state index in [1.165, 1.54) is 33.2 Å². The lowest BCUT2D eigenvalue weighted by Crippen LogP contribution is -2.11. The molecule has 1 heteroatoms. The zero-order valence-electron chi connectivity index (χ0n) is 19.7. The molecule has 0 unspecified atom stereocenters. The van der Waals surface area contributed by atoms with Gasteiger partial charge >= 0.3 is 0 Å². The zero-order chi connectivity index (χ0) is 22.1. The third-order valence-electron chi connectivity index (χ3n) is 5.63. The molecule has 0 fully saturated rings. The molecule has 0 amide bonds. The fraction of sp³-hybridized carbons (Fsp3) is 0.345.